The molecule has 2 saturated carbocycles. The summed E-state index contributed by atoms with van der Waals surface area (Å²) in [6.07, 6.45) is 6.58. The molecular formula is C21H31N3O3. The average Bonchev–Trinajstić information content (AvgIpc) is 3.27. The Hall–Kier alpha value is -2.24. The van der Waals surface area contributed by atoms with Gasteiger partial charge in [-0.15, -0.1) is 0 Å². The van der Waals surface area contributed by atoms with Crippen molar-refractivity contribution in [2.75, 3.05) is 24.3 Å². The Labute approximate surface area is 161 Å². The topological polar surface area (TPSA) is 75.9 Å². The number of ether oxygens (including phenoxy) is 1. The van der Waals surface area contributed by atoms with Gasteiger partial charge in [0.1, 0.15) is 5.66 Å². The van der Waals surface area contributed by atoms with E-state index >= 15 is 0 Å². The first-order valence-electron chi connectivity index (χ1n) is 10.1. The molecule has 2 N–H and O–H groups in total. The van der Waals surface area contributed by atoms with Crippen molar-refractivity contribution < 1.29 is 14.3 Å². The minimum Gasteiger partial charge on any atom is -0.466 e. The number of nitrogens with two attached hydrogens (primary N) is 1. The summed E-state index contributed by atoms with van der Waals surface area (Å²) in [5, 5.41) is 0. The van der Waals surface area contributed by atoms with Gasteiger partial charge in [-0.25, -0.2) is 0 Å². The molecule has 0 unspecified atom stereocenters. The number of esters is 1. The largest absolute Gasteiger partial charge is 0.466 e. The molecular weight excluding hydrogens is 342 g/mol. The molecule has 0 bridgehead atoms. The fourth-order valence-electron chi connectivity index (χ4n) is 4.37. The second-order valence-electron chi connectivity index (χ2n) is 7.61. The highest BCUT2D eigenvalue weighted by molar-refractivity contribution is 5.83. The Bertz CT molecular complexity index is 681. The van der Waals surface area contributed by atoms with Gasteiger partial charge in [0.25, 0.3) is 0 Å². The number of carbonyl (C=O) groups excluding carboxylic acids is 2. The van der Waals surface area contributed by atoms with Crippen LogP contribution in [-0.2, 0) is 14.3 Å². The highest BCUT2D eigenvalue weighted by Gasteiger charge is 2.56. The molecule has 3 rings (SSSR count). The monoisotopic (exact) mass is 373 g/mol. The van der Waals surface area contributed by atoms with Crippen LogP contribution in [0.5, 0.6) is 0 Å². The van der Waals surface area contributed by atoms with E-state index in [1.165, 1.54) is 0 Å². The van der Waals surface area contributed by atoms with Crippen LogP contribution in [0.4, 0.5) is 11.4 Å². The molecule has 0 aromatic heterocycles. The van der Waals surface area contributed by atoms with Gasteiger partial charge in [0.05, 0.1) is 24.4 Å². The smallest absolute Gasteiger partial charge is 0.306 e. The number of nitrogen functional groups attached to an aromatic ring is 1. The standard InChI is InChI=1S/C21H31N3O3/c1-3-27-20(26)13-12-19(25)24(16-8-4-5-9-16)21(14-15-21)23(2)18-11-7-6-10-17(18)22/h6-7,10-11,16H,3-5,8-9,12-15,22H2,1-2H3. The first kappa shape index (κ1) is 19.5. The van der Waals surface area contributed by atoms with Crippen LogP contribution >= 0.6 is 0 Å². The van der Waals surface area contributed by atoms with Crippen molar-refractivity contribution in [2.24, 2.45) is 0 Å². The molecule has 0 radical (unpaired) electrons. The number of nitrogens with zero attached hydrogens (tertiary/aromatic N) is 2. The third-order valence-corrected chi connectivity index (χ3v) is 5.87. The summed E-state index contributed by atoms with van der Waals surface area (Å²) in [7, 11) is 2.03. The number of amides is 1. The quantitative estimate of drug-likeness (QED) is 0.430. The van der Waals surface area contributed by atoms with Crippen LogP contribution in [0.15, 0.2) is 24.3 Å². The lowest BCUT2D eigenvalue weighted by Gasteiger charge is -2.43. The fraction of sp³-hybridized carbons (Fsp3) is 0.619. The Morgan fingerprint density at radius 3 is 2.44 bits per heavy atom. The molecule has 148 valence electrons. The lowest BCUT2D eigenvalue weighted by Crippen LogP contribution is -2.56. The molecule has 0 aliphatic heterocycles. The van der Waals surface area contributed by atoms with Crippen LogP contribution in [0.3, 0.4) is 0 Å². The maximum absolute atomic E-state index is 13.2. The van der Waals surface area contributed by atoms with Crippen molar-refractivity contribution in [1.29, 1.82) is 0 Å². The lowest BCUT2D eigenvalue weighted by atomic mass is 10.1. The molecule has 6 nitrogen and oxygen atoms in total. The van der Waals surface area contributed by atoms with Gasteiger partial charge < -0.3 is 20.3 Å². The number of carbonyl (C=O) groups is 2. The van der Waals surface area contributed by atoms with Crippen molar-refractivity contribution in [3.8, 4) is 0 Å². The molecule has 6 heteroatoms. The average molecular weight is 373 g/mol. The maximum atomic E-state index is 13.2. The Morgan fingerprint density at radius 1 is 1.19 bits per heavy atom. The van der Waals surface area contributed by atoms with Crippen LogP contribution in [0, 0.1) is 0 Å². The van der Waals surface area contributed by atoms with Gasteiger partial charge in [0.15, 0.2) is 0 Å². The number of anilines is 2. The first-order valence-corrected chi connectivity index (χ1v) is 10.1. The minimum absolute atomic E-state index is 0.0498. The third-order valence-electron chi connectivity index (χ3n) is 5.87. The fourth-order valence-corrected chi connectivity index (χ4v) is 4.37. The van der Waals surface area contributed by atoms with Crippen LogP contribution < -0.4 is 10.6 Å². The zero-order chi connectivity index (χ0) is 19.4. The lowest BCUT2D eigenvalue weighted by molar-refractivity contribution is -0.147. The number of rotatable bonds is 8. The van der Waals surface area contributed by atoms with Gasteiger partial charge in [0, 0.05) is 19.5 Å². The van der Waals surface area contributed by atoms with Crippen molar-refractivity contribution in [2.45, 2.75) is 70.0 Å². The van der Waals surface area contributed by atoms with Gasteiger partial charge in [-0.1, -0.05) is 25.0 Å². The van der Waals surface area contributed by atoms with Crippen LogP contribution in [0.25, 0.3) is 0 Å². The zero-order valence-corrected chi connectivity index (χ0v) is 16.4. The second-order valence-corrected chi connectivity index (χ2v) is 7.61. The molecule has 0 atom stereocenters. The molecule has 27 heavy (non-hydrogen) atoms. The number of hydrogen-bond donors (Lipinski definition) is 1. The van der Waals surface area contributed by atoms with Crippen LogP contribution in [0.2, 0.25) is 0 Å². The second kappa shape index (κ2) is 8.19. The Balaban J connectivity index is 1.81. The Kier molecular flexibility index (Phi) is 5.92. The van der Waals surface area contributed by atoms with Crippen molar-refractivity contribution in [1.82, 2.24) is 4.90 Å². The zero-order valence-electron chi connectivity index (χ0n) is 16.4. The van der Waals surface area contributed by atoms with Gasteiger partial charge in [-0.2, -0.15) is 0 Å². The highest BCUT2D eigenvalue weighted by Crippen LogP contribution is 2.50. The molecule has 1 amide bonds. The highest BCUT2D eigenvalue weighted by atomic mass is 16.5. The molecule has 2 fully saturated rings. The predicted octanol–water partition coefficient (Wildman–Crippen LogP) is 3.31. The molecule has 2 aliphatic carbocycles. The Morgan fingerprint density at radius 2 is 1.85 bits per heavy atom. The van der Waals surface area contributed by atoms with Crippen LogP contribution in [-0.4, -0.2) is 42.1 Å². The van der Waals surface area contributed by atoms with E-state index in [0.717, 1.165) is 49.9 Å². The van der Waals surface area contributed by atoms with E-state index < -0.39 is 0 Å². The van der Waals surface area contributed by atoms with E-state index in [2.05, 4.69) is 9.80 Å². The van der Waals surface area contributed by atoms with Gasteiger partial charge >= 0.3 is 5.97 Å². The molecule has 2 aliphatic rings. The summed E-state index contributed by atoms with van der Waals surface area (Å²) >= 11 is 0. The van der Waals surface area contributed by atoms with Gasteiger partial charge in [-0.05, 0) is 44.7 Å². The minimum atomic E-state index is -0.323. The summed E-state index contributed by atoms with van der Waals surface area (Å²) in [6.45, 7) is 2.13. The summed E-state index contributed by atoms with van der Waals surface area (Å²) in [6, 6.07) is 8.04. The van der Waals surface area contributed by atoms with Crippen molar-refractivity contribution in [3.63, 3.8) is 0 Å². The summed E-state index contributed by atoms with van der Waals surface area (Å²) in [4.78, 5) is 29.2. The molecule has 1 aromatic rings. The number of benzene rings is 1. The van der Waals surface area contributed by atoms with E-state index in [1.807, 2.05) is 31.3 Å². The SMILES string of the molecule is CCOC(=O)CCC(=O)N(C1CCCC1)C1(N(C)c2ccccc2N)CC1. The van der Waals surface area contributed by atoms with Crippen molar-refractivity contribution in [3.05, 3.63) is 24.3 Å². The molecule has 0 saturated heterocycles. The van der Waals surface area contributed by atoms with Crippen LogP contribution in [0.1, 0.15) is 58.3 Å². The maximum Gasteiger partial charge on any atom is 0.306 e. The van der Waals surface area contributed by atoms with E-state index in [1.54, 1.807) is 6.92 Å². The molecule has 0 spiro atoms. The predicted molar refractivity (Wildman–Crippen MR) is 106 cm³/mol. The summed E-state index contributed by atoms with van der Waals surface area (Å²) < 4.78 is 4.99. The van der Waals surface area contributed by atoms with E-state index in [0.29, 0.717) is 6.61 Å². The van der Waals surface area contributed by atoms with Gasteiger partial charge in [-0.3, -0.25) is 9.59 Å². The van der Waals surface area contributed by atoms with E-state index in [9.17, 15) is 9.59 Å². The molecule has 0 heterocycles. The summed E-state index contributed by atoms with van der Waals surface area (Å²) in [5.74, 6) is -0.253. The normalized spacial score (nSPS) is 18.1. The number of para-hydroxylation sites is 2. The molecule has 1 aromatic carbocycles. The third kappa shape index (κ3) is 4.04. The number of hydrogen-bond acceptors (Lipinski definition) is 5. The van der Waals surface area contributed by atoms with E-state index in [4.69, 9.17) is 10.5 Å². The first-order chi connectivity index (χ1) is 13.0. The van der Waals surface area contributed by atoms with Gasteiger partial charge in [0.2, 0.25) is 5.91 Å². The van der Waals surface area contributed by atoms with E-state index in [-0.39, 0.29) is 36.4 Å². The van der Waals surface area contributed by atoms with Crippen molar-refractivity contribution >= 4 is 23.3 Å². The summed E-state index contributed by atoms with van der Waals surface area (Å²) in [5.41, 5.74) is 7.55.